The molecule has 0 atom stereocenters. The van der Waals surface area contributed by atoms with E-state index in [2.05, 4.69) is 86.0 Å². The standard InChI is InChI=1S/C18H20P.BrH/c1-3-15-19(16-4-2,17-11-7-5-8-12-17)18-13-9-6-10-14-18;/h3-14H,1-2,15-16H2;1H/q+1;. The van der Waals surface area contributed by atoms with Gasteiger partial charge in [-0.15, -0.1) is 17.0 Å². The van der Waals surface area contributed by atoms with Crippen LogP contribution in [0.1, 0.15) is 0 Å². The Hall–Kier alpha value is -1.17. The van der Waals surface area contributed by atoms with E-state index in [1.807, 2.05) is 0 Å². The van der Waals surface area contributed by atoms with E-state index >= 15 is 0 Å². The Morgan fingerprint density at radius 2 is 1.05 bits per heavy atom. The third kappa shape index (κ3) is 3.48. The quantitative estimate of drug-likeness (QED) is 0.529. The third-order valence-electron chi connectivity index (χ3n) is 3.38. The lowest BCUT2D eigenvalue weighted by Gasteiger charge is -2.25. The summed E-state index contributed by atoms with van der Waals surface area (Å²) in [5.74, 6) is 0. The number of hydrogen-bond donors (Lipinski definition) is 0. The molecule has 0 nitrogen and oxygen atoms in total. The van der Waals surface area contributed by atoms with Crippen LogP contribution in [0, 0.1) is 0 Å². The topological polar surface area (TPSA) is 0 Å². The number of hydrogen-bond acceptors (Lipinski definition) is 0. The second kappa shape index (κ2) is 8.19. The first-order valence-electron chi connectivity index (χ1n) is 6.53. The van der Waals surface area contributed by atoms with E-state index in [1.165, 1.54) is 10.6 Å². The molecular weight excluding hydrogens is 327 g/mol. The van der Waals surface area contributed by atoms with Gasteiger partial charge in [0.1, 0.15) is 0 Å². The van der Waals surface area contributed by atoms with Crippen LogP contribution in [0.25, 0.3) is 0 Å². The second-order valence-electron chi connectivity index (χ2n) is 4.58. The van der Waals surface area contributed by atoms with Crippen molar-refractivity contribution in [3.05, 3.63) is 86.0 Å². The molecule has 0 amide bonds. The minimum Gasteiger partial charge on any atom is -0.114 e. The molecule has 0 spiro atoms. The fourth-order valence-electron chi connectivity index (χ4n) is 2.51. The van der Waals surface area contributed by atoms with E-state index in [-0.39, 0.29) is 17.0 Å². The highest BCUT2D eigenvalue weighted by molar-refractivity contribution is 8.93. The average molecular weight is 348 g/mol. The molecule has 0 saturated carbocycles. The Balaban J connectivity index is 0.00000200. The fraction of sp³-hybridized carbons (Fsp3) is 0.111. The monoisotopic (exact) mass is 347 g/mol. The van der Waals surface area contributed by atoms with Gasteiger partial charge in [0.2, 0.25) is 0 Å². The molecule has 0 aliphatic heterocycles. The van der Waals surface area contributed by atoms with Gasteiger partial charge in [0, 0.05) is 0 Å². The number of benzene rings is 2. The summed E-state index contributed by atoms with van der Waals surface area (Å²) < 4.78 is 0. The summed E-state index contributed by atoms with van der Waals surface area (Å²) in [5.41, 5.74) is 0. The Kier molecular flexibility index (Phi) is 6.91. The van der Waals surface area contributed by atoms with Gasteiger partial charge in [-0.3, -0.25) is 0 Å². The minimum absolute atomic E-state index is 0. The van der Waals surface area contributed by atoms with Gasteiger partial charge in [0.15, 0.2) is 0 Å². The van der Waals surface area contributed by atoms with Crippen molar-refractivity contribution in [3.63, 3.8) is 0 Å². The van der Waals surface area contributed by atoms with Crippen LogP contribution in [0.5, 0.6) is 0 Å². The van der Waals surface area contributed by atoms with Gasteiger partial charge in [0.25, 0.3) is 0 Å². The first-order valence-corrected chi connectivity index (χ1v) is 8.69. The van der Waals surface area contributed by atoms with Crippen LogP contribution >= 0.6 is 24.2 Å². The predicted molar refractivity (Wildman–Crippen MR) is 99.5 cm³/mol. The highest BCUT2D eigenvalue weighted by atomic mass is 79.9. The smallest absolute Gasteiger partial charge is 0.0998 e. The molecule has 2 aromatic carbocycles. The largest absolute Gasteiger partial charge is 0.114 e. The Morgan fingerprint density at radius 3 is 1.35 bits per heavy atom. The molecule has 2 rings (SSSR count). The molecule has 104 valence electrons. The summed E-state index contributed by atoms with van der Waals surface area (Å²) in [6, 6.07) is 21.6. The molecule has 2 aromatic rings. The molecular formula is C18H21BrP+. The van der Waals surface area contributed by atoms with Crippen LogP contribution in [-0.4, -0.2) is 12.3 Å². The number of halogens is 1. The van der Waals surface area contributed by atoms with E-state index in [9.17, 15) is 0 Å². The third-order valence-corrected chi connectivity index (χ3v) is 7.72. The molecule has 0 bridgehead atoms. The molecule has 2 heteroatoms. The van der Waals surface area contributed by atoms with Crippen LogP contribution < -0.4 is 10.6 Å². The van der Waals surface area contributed by atoms with E-state index < -0.39 is 7.26 Å². The van der Waals surface area contributed by atoms with Gasteiger partial charge < -0.3 is 0 Å². The molecule has 0 N–H and O–H groups in total. The summed E-state index contributed by atoms with van der Waals surface area (Å²) in [6.45, 7) is 7.94. The first kappa shape index (κ1) is 16.9. The van der Waals surface area contributed by atoms with Crippen LogP contribution in [0.4, 0.5) is 0 Å². The molecule has 0 aliphatic rings. The van der Waals surface area contributed by atoms with Crippen LogP contribution in [0.15, 0.2) is 86.0 Å². The summed E-state index contributed by atoms with van der Waals surface area (Å²) >= 11 is 0. The normalized spacial score (nSPS) is 10.4. The van der Waals surface area contributed by atoms with Crippen molar-refractivity contribution >= 4 is 34.9 Å². The zero-order chi connectivity index (χ0) is 13.6. The van der Waals surface area contributed by atoms with Crippen molar-refractivity contribution in [2.45, 2.75) is 0 Å². The van der Waals surface area contributed by atoms with Gasteiger partial charge >= 0.3 is 0 Å². The Labute approximate surface area is 133 Å². The minimum atomic E-state index is -1.44. The average Bonchev–Trinajstić information content (AvgIpc) is 2.49. The van der Waals surface area contributed by atoms with Crippen molar-refractivity contribution in [3.8, 4) is 0 Å². The molecule has 20 heavy (non-hydrogen) atoms. The van der Waals surface area contributed by atoms with Crippen LogP contribution in [-0.2, 0) is 0 Å². The van der Waals surface area contributed by atoms with E-state index in [0.29, 0.717) is 0 Å². The summed E-state index contributed by atoms with van der Waals surface area (Å²) in [4.78, 5) is 0. The zero-order valence-electron chi connectivity index (χ0n) is 11.6. The van der Waals surface area contributed by atoms with Crippen molar-refractivity contribution in [2.24, 2.45) is 0 Å². The van der Waals surface area contributed by atoms with Gasteiger partial charge in [-0.25, -0.2) is 0 Å². The molecule has 0 unspecified atom stereocenters. The fourth-order valence-corrected chi connectivity index (χ4v) is 6.17. The van der Waals surface area contributed by atoms with Crippen LogP contribution in [0.3, 0.4) is 0 Å². The van der Waals surface area contributed by atoms with Gasteiger partial charge in [0.05, 0.1) is 30.2 Å². The molecule has 0 aromatic heterocycles. The zero-order valence-corrected chi connectivity index (χ0v) is 14.2. The summed E-state index contributed by atoms with van der Waals surface area (Å²) in [5, 5.41) is 2.86. The lowest BCUT2D eigenvalue weighted by atomic mass is 10.4. The lowest BCUT2D eigenvalue weighted by molar-refractivity contribution is 1.60. The Bertz CT molecular complexity index is 482. The van der Waals surface area contributed by atoms with Crippen molar-refractivity contribution in [2.75, 3.05) is 12.3 Å². The molecule has 0 fully saturated rings. The predicted octanol–water partition coefficient (Wildman–Crippen LogP) is 4.60. The van der Waals surface area contributed by atoms with Gasteiger partial charge in [-0.05, 0) is 24.3 Å². The van der Waals surface area contributed by atoms with Crippen molar-refractivity contribution in [1.29, 1.82) is 0 Å². The lowest BCUT2D eigenvalue weighted by Crippen LogP contribution is -2.26. The second-order valence-corrected chi connectivity index (χ2v) is 8.28. The molecule has 0 radical (unpaired) electrons. The van der Waals surface area contributed by atoms with Crippen molar-refractivity contribution < 1.29 is 0 Å². The maximum absolute atomic E-state index is 3.97. The van der Waals surface area contributed by atoms with E-state index in [4.69, 9.17) is 0 Å². The van der Waals surface area contributed by atoms with Gasteiger partial charge in [-0.1, -0.05) is 61.7 Å². The van der Waals surface area contributed by atoms with Crippen molar-refractivity contribution in [1.82, 2.24) is 0 Å². The number of rotatable bonds is 6. The van der Waals surface area contributed by atoms with Gasteiger partial charge in [-0.2, -0.15) is 0 Å². The summed E-state index contributed by atoms with van der Waals surface area (Å²) in [6.07, 6.45) is 6.15. The SMILES string of the molecule is Br.C=CC[P+](CC=C)(c1ccccc1)c1ccccc1. The number of allylic oxidation sites excluding steroid dienone is 2. The highest BCUT2D eigenvalue weighted by Crippen LogP contribution is 2.56. The molecule has 0 aliphatic carbocycles. The first-order chi connectivity index (χ1) is 9.33. The van der Waals surface area contributed by atoms with Crippen LogP contribution in [0.2, 0.25) is 0 Å². The Morgan fingerprint density at radius 1 is 0.700 bits per heavy atom. The maximum Gasteiger partial charge on any atom is 0.0998 e. The highest BCUT2D eigenvalue weighted by Gasteiger charge is 2.39. The maximum atomic E-state index is 3.97. The molecule has 0 saturated heterocycles. The van der Waals surface area contributed by atoms with E-state index in [1.54, 1.807) is 0 Å². The molecule has 0 heterocycles. The summed E-state index contributed by atoms with van der Waals surface area (Å²) in [7, 11) is -1.44. The van der Waals surface area contributed by atoms with E-state index in [0.717, 1.165) is 12.3 Å².